The Hall–Kier alpha value is -1.45. The Morgan fingerprint density at radius 2 is 2.00 bits per heavy atom. The summed E-state index contributed by atoms with van der Waals surface area (Å²) in [6, 6.07) is 5.34. The van der Waals surface area contributed by atoms with Crippen LogP contribution in [0.5, 0.6) is 0 Å². The van der Waals surface area contributed by atoms with Crippen LogP contribution in [0.25, 0.3) is 0 Å². The fraction of sp³-hybridized carbons (Fsp3) is 0.300. The maximum Gasteiger partial charge on any atom is 0.356 e. The van der Waals surface area contributed by atoms with E-state index in [1.54, 1.807) is 6.92 Å². The Morgan fingerprint density at radius 3 is 2.43 bits per heavy atom. The molecule has 4 heteroatoms. The van der Waals surface area contributed by atoms with Crippen molar-refractivity contribution >= 4 is 5.97 Å². The standard InChI is InChI=1S/C10H10F2O2/c1-2-9(10(13)14-12)7-3-5-8(11)6-4-7/h3-6,9H,2H2,1H3. The molecule has 76 valence electrons. The molecule has 2 nitrogen and oxygen atoms in total. The van der Waals surface area contributed by atoms with E-state index in [1.807, 2.05) is 0 Å². The first kappa shape index (κ1) is 10.6. The van der Waals surface area contributed by atoms with Crippen LogP contribution >= 0.6 is 0 Å². The first-order chi connectivity index (χ1) is 6.69. The molecule has 1 aromatic carbocycles. The van der Waals surface area contributed by atoms with Crippen molar-refractivity contribution in [3.63, 3.8) is 0 Å². The molecule has 0 aliphatic rings. The van der Waals surface area contributed by atoms with Gasteiger partial charge in [-0.1, -0.05) is 19.1 Å². The number of carbonyl (C=O) groups excluding carboxylic acids is 1. The van der Waals surface area contributed by atoms with Gasteiger partial charge in [0.15, 0.2) is 0 Å². The van der Waals surface area contributed by atoms with Crippen LogP contribution in [0.15, 0.2) is 24.3 Å². The fourth-order valence-corrected chi connectivity index (χ4v) is 1.29. The molecule has 0 heterocycles. The molecule has 0 spiro atoms. The second-order valence-electron chi connectivity index (χ2n) is 2.91. The summed E-state index contributed by atoms with van der Waals surface area (Å²) >= 11 is 0. The first-order valence-electron chi connectivity index (χ1n) is 4.27. The molecule has 14 heavy (non-hydrogen) atoms. The molecule has 1 atom stereocenters. The van der Waals surface area contributed by atoms with Gasteiger partial charge in [0.05, 0.1) is 5.92 Å². The van der Waals surface area contributed by atoms with Crippen molar-refractivity contribution in [2.45, 2.75) is 19.3 Å². The van der Waals surface area contributed by atoms with Gasteiger partial charge < -0.3 is 0 Å². The second-order valence-corrected chi connectivity index (χ2v) is 2.91. The smallest absolute Gasteiger partial charge is 0.254 e. The summed E-state index contributed by atoms with van der Waals surface area (Å²) in [5.74, 6) is -2.00. The van der Waals surface area contributed by atoms with Crippen LogP contribution in [0.1, 0.15) is 24.8 Å². The van der Waals surface area contributed by atoms with E-state index in [0.717, 1.165) is 0 Å². The fourth-order valence-electron chi connectivity index (χ4n) is 1.29. The van der Waals surface area contributed by atoms with E-state index in [9.17, 15) is 13.7 Å². The van der Waals surface area contributed by atoms with Gasteiger partial charge >= 0.3 is 5.97 Å². The number of carbonyl (C=O) groups is 1. The number of rotatable bonds is 3. The van der Waals surface area contributed by atoms with Crippen LogP contribution in [0.3, 0.4) is 0 Å². The summed E-state index contributed by atoms with van der Waals surface area (Å²) in [6.07, 6.45) is 0.411. The van der Waals surface area contributed by atoms with Crippen LogP contribution < -0.4 is 0 Å². The van der Waals surface area contributed by atoms with Crippen molar-refractivity contribution in [3.8, 4) is 0 Å². The molecule has 0 amide bonds. The average molecular weight is 200 g/mol. The van der Waals surface area contributed by atoms with Gasteiger partial charge in [-0.25, -0.2) is 9.18 Å². The normalized spacial score (nSPS) is 12.2. The van der Waals surface area contributed by atoms with Crippen molar-refractivity contribution in [1.29, 1.82) is 0 Å². The summed E-state index contributed by atoms with van der Waals surface area (Å²) < 4.78 is 24.2. The van der Waals surface area contributed by atoms with Crippen molar-refractivity contribution in [3.05, 3.63) is 35.6 Å². The quantitative estimate of drug-likeness (QED) is 0.749. The SMILES string of the molecule is CCC(C(=O)OF)c1ccc(F)cc1. The minimum atomic E-state index is -0.945. The minimum Gasteiger partial charge on any atom is -0.254 e. The molecule has 1 aromatic rings. The van der Waals surface area contributed by atoms with E-state index >= 15 is 0 Å². The van der Waals surface area contributed by atoms with Gasteiger partial charge in [0, 0.05) is 4.53 Å². The van der Waals surface area contributed by atoms with Crippen LogP contribution in [0, 0.1) is 5.82 Å². The molecule has 0 bridgehead atoms. The first-order valence-corrected chi connectivity index (χ1v) is 4.27. The van der Waals surface area contributed by atoms with Crippen LogP contribution in [-0.2, 0) is 9.74 Å². The number of hydrogen-bond acceptors (Lipinski definition) is 2. The number of hydrogen-bond donors (Lipinski definition) is 0. The second kappa shape index (κ2) is 4.69. The maximum absolute atomic E-state index is 12.5. The topological polar surface area (TPSA) is 26.3 Å². The lowest BCUT2D eigenvalue weighted by molar-refractivity contribution is -0.185. The molecule has 0 aliphatic carbocycles. The summed E-state index contributed by atoms with van der Waals surface area (Å²) in [5.41, 5.74) is 0.552. The zero-order chi connectivity index (χ0) is 10.6. The molecule has 0 aromatic heterocycles. The highest BCUT2D eigenvalue weighted by Crippen LogP contribution is 2.21. The van der Waals surface area contributed by atoms with Crippen LogP contribution in [0.4, 0.5) is 8.92 Å². The highest BCUT2D eigenvalue weighted by atomic mass is 19.3. The van der Waals surface area contributed by atoms with E-state index in [-0.39, 0.29) is 0 Å². The molecule has 0 fully saturated rings. The monoisotopic (exact) mass is 200 g/mol. The van der Waals surface area contributed by atoms with E-state index in [4.69, 9.17) is 0 Å². The predicted octanol–water partition coefficient (Wildman–Crippen LogP) is 2.75. The number of halogens is 2. The third-order valence-corrected chi connectivity index (χ3v) is 2.04. The Labute approximate surface area is 80.4 Å². The zero-order valence-electron chi connectivity index (χ0n) is 7.67. The van der Waals surface area contributed by atoms with Gasteiger partial charge in [-0.3, -0.25) is 4.94 Å². The molecule has 0 aliphatic heterocycles. The summed E-state index contributed by atoms with van der Waals surface area (Å²) in [6.45, 7) is 1.73. The van der Waals surface area contributed by atoms with Gasteiger partial charge in [0.25, 0.3) is 0 Å². The predicted molar refractivity (Wildman–Crippen MR) is 46.6 cm³/mol. The van der Waals surface area contributed by atoms with Gasteiger partial charge in [0.1, 0.15) is 5.82 Å². The van der Waals surface area contributed by atoms with E-state index < -0.39 is 17.7 Å². The molecule has 0 N–H and O–H groups in total. The lowest BCUT2D eigenvalue weighted by Gasteiger charge is -2.09. The summed E-state index contributed by atoms with van der Waals surface area (Å²) in [4.78, 5) is 14.1. The van der Waals surface area contributed by atoms with Gasteiger partial charge in [0.2, 0.25) is 0 Å². The van der Waals surface area contributed by atoms with E-state index in [1.165, 1.54) is 24.3 Å². The Bertz CT molecular complexity index is 308. The molecule has 0 radical (unpaired) electrons. The zero-order valence-corrected chi connectivity index (χ0v) is 7.67. The number of benzene rings is 1. The van der Waals surface area contributed by atoms with Gasteiger partial charge in [-0.05, 0) is 24.1 Å². The Morgan fingerprint density at radius 1 is 1.43 bits per heavy atom. The maximum atomic E-state index is 12.5. The Kier molecular flexibility index (Phi) is 3.56. The lowest BCUT2D eigenvalue weighted by atomic mass is 9.97. The average Bonchev–Trinajstić information content (AvgIpc) is 2.21. The molecule has 0 saturated carbocycles. The largest absolute Gasteiger partial charge is 0.356 e. The van der Waals surface area contributed by atoms with Crippen LogP contribution in [0.2, 0.25) is 0 Å². The third-order valence-electron chi connectivity index (χ3n) is 2.04. The van der Waals surface area contributed by atoms with Crippen molar-refractivity contribution in [2.24, 2.45) is 0 Å². The van der Waals surface area contributed by atoms with Crippen molar-refractivity contribution in [1.82, 2.24) is 0 Å². The lowest BCUT2D eigenvalue weighted by Crippen LogP contribution is -2.11. The third kappa shape index (κ3) is 2.28. The van der Waals surface area contributed by atoms with Crippen LogP contribution in [-0.4, -0.2) is 5.97 Å². The summed E-state index contributed by atoms with van der Waals surface area (Å²) in [7, 11) is 0. The molecule has 1 rings (SSSR count). The van der Waals surface area contributed by atoms with Crippen molar-refractivity contribution in [2.75, 3.05) is 0 Å². The van der Waals surface area contributed by atoms with Crippen molar-refractivity contribution < 1.29 is 18.7 Å². The summed E-state index contributed by atoms with van der Waals surface area (Å²) in [5, 5.41) is 0. The molecule has 1 unspecified atom stereocenters. The van der Waals surface area contributed by atoms with E-state index in [2.05, 4.69) is 4.94 Å². The molecular formula is C10H10F2O2. The van der Waals surface area contributed by atoms with Gasteiger partial charge in [-0.15, -0.1) is 0 Å². The molecule has 0 saturated heterocycles. The van der Waals surface area contributed by atoms with Gasteiger partial charge in [-0.2, -0.15) is 0 Å². The van der Waals surface area contributed by atoms with E-state index in [0.29, 0.717) is 12.0 Å². The highest BCUT2D eigenvalue weighted by molar-refractivity contribution is 5.77. The minimum absolute atomic E-state index is 0.391. The highest BCUT2D eigenvalue weighted by Gasteiger charge is 2.20. The molecular weight excluding hydrogens is 190 g/mol. The Balaban J connectivity index is 2.89.